The minimum Gasteiger partial charge on any atom is -0.491 e. The van der Waals surface area contributed by atoms with Crippen LogP contribution in [0.3, 0.4) is 0 Å². The first-order valence-corrected chi connectivity index (χ1v) is 26.9. The molecule has 0 fully saturated rings. The van der Waals surface area contributed by atoms with Crippen LogP contribution in [-0.2, 0) is 0 Å². The number of H-pyrrole nitrogens is 2. The fraction of sp³-hybridized carbons (Fsp3) is 0.286. The van der Waals surface area contributed by atoms with Crippen LogP contribution in [0.15, 0.2) is 134 Å². The second kappa shape index (κ2) is 27.0. The Kier molecular flexibility index (Phi) is 19.9. The Bertz CT molecular complexity index is 3400. The van der Waals surface area contributed by atoms with E-state index in [0.29, 0.717) is 79.5 Å². The highest BCUT2D eigenvalue weighted by Crippen LogP contribution is 2.28. The van der Waals surface area contributed by atoms with E-state index in [1.54, 1.807) is 138 Å². The Balaban J connectivity index is 0.000000181. The molecule has 438 valence electrons. The molecule has 9 rings (SSSR count). The number of carbonyl (C=O) groups excluding carboxylic acids is 6. The first kappa shape index (κ1) is 62.0. The summed E-state index contributed by atoms with van der Waals surface area (Å²) >= 11 is 0. The van der Waals surface area contributed by atoms with E-state index < -0.39 is 16.2 Å². The molecule has 9 aromatic rings. The standard InChI is InChI=1S/3C21H23N3O4/c1-21(2,3)19(26)17-13-24-12-15(6-9-18(24)23-17)22-20(27)14-4-7-16(8-5-14)28-11-10-25;1-21(2,3)18(26)17-11-14-10-15(12-22-19(14)24-17)23-20(27)13-4-6-16(7-5-13)28-9-8-25;1-21(2,3)19(26)16-10-14-11-18(22-12-17(14)23-16)24-20(27)13-4-6-15(7-5-13)28-9-8-25/h4-9,12-13,25H,10-11H2,1-3H3,(H,22,27);4-7,10-12,25H,8-9H2,1-3H3,(H,22,24)(H,23,27);4-7,10-12,23,25H,8-9H2,1-3H3,(H,22,24,27). The molecule has 0 saturated heterocycles. The highest BCUT2D eigenvalue weighted by Gasteiger charge is 2.27. The summed E-state index contributed by atoms with van der Waals surface area (Å²) in [7, 11) is 0. The monoisotopic (exact) mass is 1140 g/mol. The van der Waals surface area contributed by atoms with Crippen LogP contribution in [0.2, 0.25) is 0 Å². The molecule has 0 atom stereocenters. The number of hydrogen-bond acceptors (Lipinski definition) is 15. The molecule has 84 heavy (non-hydrogen) atoms. The van der Waals surface area contributed by atoms with Gasteiger partial charge in [0.2, 0.25) is 0 Å². The topological polar surface area (TPSA) is 302 Å². The summed E-state index contributed by atoms with van der Waals surface area (Å²) in [6.07, 6.45) is 6.53. The number of aliphatic hydroxyl groups is 3. The zero-order valence-corrected chi connectivity index (χ0v) is 48.2. The van der Waals surface area contributed by atoms with Crippen LogP contribution in [0.5, 0.6) is 17.2 Å². The molecular formula is C63H69N9O12. The molecule has 6 aromatic heterocycles. The fourth-order valence-electron chi connectivity index (χ4n) is 7.99. The van der Waals surface area contributed by atoms with E-state index in [1.165, 1.54) is 0 Å². The maximum atomic E-state index is 12.4. The van der Waals surface area contributed by atoms with Crippen LogP contribution in [-0.4, -0.2) is 119 Å². The normalized spacial score (nSPS) is 11.4. The number of aromatic nitrogens is 6. The number of aromatic amines is 2. The Hall–Kier alpha value is -9.57. The minimum absolute atomic E-state index is 0.000378. The van der Waals surface area contributed by atoms with Crippen molar-refractivity contribution in [2.24, 2.45) is 16.2 Å². The average molecular weight is 1140 g/mol. The number of anilines is 3. The van der Waals surface area contributed by atoms with Crippen molar-refractivity contribution in [3.8, 4) is 17.2 Å². The number of pyridine rings is 3. The quantitative estimate of drug-likeness (QED) is 0.0371. The van der Waals surface area contributed by atoms with E-state index >= 15 is 0 Å². The third-order valence-electron chi connectivity index (χ3n) is 12.4. The van der Waals surface area contributed by atoms with E-state index in [-0.39, 0.29) is 74.7 Å². The van der Waals surface area contributed by atoms with Gasteiger partial charge in [-0.2, -0.15) is 0 Å². The van der Waals surface area contributed by atoms with E-state index in [0.717, 1.165) is 16.3 Å². The molecule has 6 heterocycles. The Morgan fingerprint density at radius 3 is 1.42 bits per heavy atom. The highest BCUT2D eigenvalue weighted by atomic mass is 16.5. The summed E-state index contributed by atoms with van der Waals surface area (Å²) in [5, 5.41) is 36.2. The van der Waals surface area contributed by atoms with Gasteiger partial charge in [0.1, 0.15) is 59.9 Å². The van der Waals surface area contributed by atoms with Crippen molar-refractivity contribution < 1.29 is 58.3 Å². The van der Waals surface area contributed by atoms with Gasteiger partial charge in [-0.1, -0.05) is 62.3 Å². The van der Waals surface area contributed by atoms with Crippen LogP contribution in [0.25, 0.3) is 27.6 Å². The number of benzene rings is 3. The van der Waals surface area contributed by atoms with Gasteiger partial charge < -0.3 is 59.8 Å². The number of ketones is 3. The van der Waals surface area contributed by atoms with Gasteiger partial charge in [-0.25, -0.2) is 15.0 Å². The highest BCUT2D eigenvalue weighted by molar-refractivity contribution is 6.08. The first-order chi connectivity index (χ1) is 39.8. The lowest BCUT2D eigenvalue weighted by atomic mass is 9.89. The van der Waals surface area contributed by atoms with Crippen LogP contribution >= 0.6 is 0 Å². The number of fused-ring (bicyclic) bond motifs is 3. The number of amides is 3. The van der Waals surface area contributed by atoms with E-state index in [9.17, 15) is 28.8 Å². The SMILES string of the molecule is CC(C)(C)C(=O)c1cc2cc(NC(=O)c3ccc(OCCO)cc3)cnc2[nH]1.CC(C)(C)C(=O)c1cc2cc(NC(=O)c3ccc(OCCO)cc3)ncc2[nH]1.CC(C)(C)C(=O)c1cn2cc(NC(=O)c3ccc(OCCO)cc3)ccc2n1. The molecule has 0 bridgehead atoms. The number of nitrogens with one attached hydrogen (secondary N) is 5. The van der Waals surface area contributed by atoms with Gasteiger partial charge in [-0.3, -0.25) is 28.8 Å². The molecule has 21 heteroatoms. The maximum Gasteiger partial charge on any atom is 0.256 e. The summed E-state index contributed by atoms with van der Waals surface area (Å²) in [6.45, 7) is 17.1. The van der Waals surface area contributed by atoms with E-state index in [4.69, 9.17) is 29.5 Å². The van der Waals surface area contributed by atoms with Crippen LogP contribution < -0.4 is 30.2 Å². The van der Waals surface area contributed by atoms with Gasteiger partial charge >= 0.3 is 0 Å². The molecule has 0 radical (unpaired) electrons. The molecular weight excluding hydrogens is 1070 g/mol. The van der Waals surface area contributed by atoms with E-state index in [2.05, 4.69) is 40.9 Å². The molecule has 0 unspecified atom stereocenters. The average Bonchev–Trinajstić information content (AvgIpc) is 4.37. The molecule has 3 aromatic carbocycles. The smallest absolute Gasteiger partial charge is 0.256 e. The second-order valence-electron chi connectivity index (χ2n) is 22.4. The summed E-state index contributed by atoms with van der Waals surface area (Å²) in [4.78, 5) is 93.6. The lowest BCUT2D eigenvalue weighted by molar-refractivity contribution is 0.0848. The molecule has 3 amide bonds. The Labute approximate surface area is 484 Å². The summed E-state index contributed by atoms with van der Waals surface area (Å²) in [5.74, 6) is 1.26. The van der Waals surface area contributed by atoms with Gasteiger partial charge in [0, 0.05) is 56.1 Å². The van der Waals surface area contributed by atoms with Crippen molar-refractivity contribution >= 4 is 79.8 Å². The van der Waals surface area contributed by atoms with Gasteiger partial charge in [-0.15, -0.1) is 0 Å². The van der Waals surface area contributed by atoms with Crippen LogP contribution in [0, 0.1) is 16.2 Å². The number of carbonyl (C=O) groups is 6. The van der Waals surface area contributed by atoms with Crippen molar-refractivity contribution in [1.82, 2.24) is 29.3 Å². The number of imidazole rings is 1. The Morgan fingerprint density at radius 1 is 0.488 bits per heavy atom. The van der Waals surface area contributed by atoms with Gasteiger partial charge in [0.15, 0.2) is 17.3 Å². The largest absolute Gasteiger partial charge is 0.491 e. The number of aliphatic hydroxyl groups excluding tert-OH is 3. The summed E-state index contributed by atoms with van der Waals surface area (Å²) in [6, 6.07) is 30.4. The van der Waals surface area contributed by atoms with Gasteiger partial charge in [0.25, 0.3) is 17.7 Å². The van der Waals surface area contributed by atoms with Crippen molar-refractivity contribution in [2.75, 3.05) is 55.6 Å². The van der Waals surface area contributed by atoms with Crippen molar-refractivity contribution in [3.05, 3.63) is 168 Å². The van der Waals surface area contributed by atoms with Gasteiger partial charge in [-0.05, 0) is 109 Å². The summed E-state index contributed by atoms with van der Waals surface area (Å²) < 4.78 is 17.6. The van der Waals surface area contributed by atoms with Crippen LogP contribution in [0.1, 0.15) is 125 Å². The zero-order chi connectivity index (χ0) is 60.9. The molecule has 8 N–H and O–H groups in total. The lowest BCUT2D eigenvalue weighted by Gasteiger charge is -2.14. The molecule has 0 saturated carbocycles. The predicted octanol–water partition coefficient (Wildman–Crippen LogP) is 10.0. The second-order valence-corrected chi connectivity index (χ2v) is 22.4. The third kappa shape index (κ3) is 16.6. The number of rotatable bonds is 18. The minimum atomic E-state index is -0.512. The number of hydrogen-bond donors (Lipinski definition) is 8. The lowest BCUT2D eigenvalue weighted by Crippen LogP contribution is -2.20. The molecule has 0 aliphatic carbocycles. The molecule has 0 aliphatic heterocycles. The summed E-state index contributed by atoms with van der Waals surface area (Å²) in [5.41, 5.74) is 4.40. The zero-order valence-electron chi connectivity index (χ0n) is 48.2. The molecule has 21 nitrogen and oxygen atoms in total. The van der Waals surface area contributed by atoms with Crippen molar-refractivity contribution in [2.45, 2.75) is 62.3 Å². The molecule has 0 spiro atoms. The number of ether oxygens (including phenoxy) is 3. The van der Waals surface area contributed by atoms with E-state index in [1.807, 2.05) is 62.3 Å². The fourth-order valence-corrected chi connectivity index (χ4v) is 7.99. The van der Waals surface area contributed by atoms with Gasteiger partial charge in [0.05, 0.1) is 60.5 Å². The Morgan fingerprint density at radius 2 is 0.940 bits per heavy atom. The number of nitrogens with zero attached hydrogens (tertiary/aromatic N) is 4. The first-order valence-electron chi connectivity index (χ1n) is 26.9. The van der Waals surface area contributed by atoms with Crippen LogP contribution in [0.4, 0.5) is 17.2 Å². The predicted molar refractivity (Wildman–Crippen MR) is 320 cm³/mol. The third-order valence-corrected chi connectivity index (χ3v) is 12.4. The molecule has 0 aliphatic rings. The van der Waals surface area contributed by atoms with Crippen molar-refractivity contribution in [3.63, 3.8) is 0 Å². The number of Topliss-reactive ketones (excluding diaryl/α,β-unsaturated/α-hetero) is 3. The maximum absolute atomic E-state index is 12.4. The van der Waals surface area contributed by atoms with Crippen molar-refractivity contribution in [1.29, 1.82) is 0 Å².